The van der Waals surface area contributed by atoms with E-state index in [1.807, 2.05) is 6.07 Å². The summed E-state index contributed by atoms with van der Waals surface area (Å²) >= 11 is 3.12. The van der Waals surface area contributed by atoms with E-state index in [1.165, 1.54) is 6.07 Å². The highest BCUT2D eigenvalue weighted by Crippen LogP contribution is 2.16. The van der Waals surface area contributed by atoms with Crippen LogP contribution in [0, 0.1) is 5.82 Å². The molecule has 2 aromatic rings. The van der Waals surface area contributed by atoms with E-state index in [9.17, 15) is 4.39 Å². The fourth-order valence-electron chi connectivity index (χ4n) is 1.37. The van der Waals surface area contributed by atoms with Gasteiger partial charge in [-0.15, -0.1) is 0 Å². The Morgan fingerprint density at radius 3 is 2.94 bits per heavy atom. The van der Waals surface area contributed by atoms with Gasteiger partial charge in [0.2, 0.25) is 0 Å². The van der Waals surface area contributed by atoms with Gasteiger partial charge in [0.25, 0.3) is 0 Å². The zero-order valence-corrected chi connectivity index (χ0v) is 10.1. The van der Waals surface area contributed by atoms with Gasteiger partial charge in [-0.1, -0.05) is 6.07 Å². The van der Waals surface area contributed by atoms with E-state index in [4.69, 9.17) is 0 Å². The van der Waals surface area contributed by atoms with E-state index >= 15 is 0 Å². The van der Waals surface area contributed by atoms with Crippen LogP contribution in [0.15, 0.2) is 35.2 Å². The summed E-state index contributed by atoms with van der Waals surface area (Å²) in [5.41, 5.74) is 1.93. The van der Waals surface area contributed by atoms with E-state index in [1.54, 1.807) is 18.6 Å². The molecule has 0 unspecified atom stereocenters. The fraction of sp³-hybridized carbons (Fsp3) is 0.182. The van der Waals surface area contributed by atoms with Crippen LogP contribution in [-0.4, -0.2) is 9.97 Å². The summed E-state index contributed by atoms with van der Waals surface area (Å²) < 4.78 is 13.7. The highest BCUT2D eigenvalue weighted by Gasteiger charge is 2.00. The van der Waals surface area contributed by atoms with Crippen molar-refractivity contribution < 1.29 is 4.39 Å². The first-order chi connectivity index (χ1) is 7.75. The molecule has 1 heterocycles. The van der Waals surface area contributed by atoms with Crippen LogP contribution in [0.25, 0.3) is 0 Å². The zero-order chi connectivity index (χ0) is 11.4. The Kier molecular flexibility index (Phi) is 3.69. The molecule has 0 bridgehead atoms. The smallest absolute Gasteiger partial charge is 0.137 e. The van der Waals surface area contributed by atoms with Crippen molar-refractivity contribution >= 4 is 15.9 Å². The predicted molar refractivity (Wildman–Crippen MR) is 63.2 cm³/mol. The fourth-order valence-corrected chi connectivity index (χ4v) is 1.62. The molecule has 1 aromatic heterocycles. The molecule has 84 valence electrons. The summed E-state index contributed by atoms with van der Waals surface area (Å²) in [7, 11) is 0. The highest BCUT2D eigenvalue weighted by atomic mass is 79.9. The van der Waals surface area contributed by atoms with Crippen molar-refractivity contribution in [3.63, 3.8) is 0 Å². The number of benzene rings is 1. The third-order valence-electron chi connectivity index (χ3n) is 2.18. The van der Waals surface area contributed by atoms with Gasteiger partial charge in [0.15, 0.2) is 0 Å². The lowest BCUT2D eigenvalue weighted by molar-refractivity contribution is 0.613. The molecule has 16 heavy (non-hydrogen) atoms. The molecule has 5 heteroatoms. The van der Waals surface area contributed by atoms with Crippen molar-refractivity contribution in [2.75, 3.05) is 0 Å². The van der Waals surface area contributed by atoms with E-state index < -0.39 is 0 Å². The number of hydrogen-bond acceptors (Lipinski definition) is 2. The number of halogens is 2. The van der Waals surface area contributed by atoms with Gasteiger partial charge in [-0.25, -0.2) is 9.37 Å². The molecule has 0 spiro atoms. The van der Waals surface area contributed by atoms with Gasteiger partial charge in [0.1, 0.15) is 5.82 Å². The lowest BCUT2D eigenvalue weighted by Crippen LogP contribution is -2.12. The van der Waals surface area contributed by atoms with E-state index in [0.717, 1.165) is 11.3 Å². The molecule has 0 aliphatic carbocycles. The molecular formula is C11H11BrFN3. The van der Waals surface area contributed by atoms with E-state index in [0.29, 0.717) is 17.6 Å². The maximum absolute atomic E-state index is 13.2. The van der Waals surface area contributed by atoms with Crippen molar-refractivity contribution in [3.8, 4) is 0 Å². The van der Waals surface area contributed by atoms with Crippen LogP contribution in [0.1, 0.15) is 11.3 Å². The summed E-state index contributed by atoms with van der Waals surface area (Å²) in [4.78, 5) is 6.90. The molecule has 0 aliphatic heterocycles. The average Bonchev–Trinajstić information content (AvgIpc) is 2.76. The minimum absolute atomic E-state index is 0.235. The van der Waals surface area contributed by atoms with Gasteiger partial charge >= 0.3 is 0 Å². The molecule has 0 atom stereocenters. The maximum atomic E-state index is 13.2. The summed E-state index contributed by atoms with van der Waals surface area (Å²) in [5.74, 6) is -0.235. The van der Waals surface area contributed by atoms with Crippen LogP contribution >= 0.6 is 15.9 Å². The second-order valence-corrected chi connectivity index (χ2v) is 4.28. The zero-order valence-electron chi connectivity index (χ0n) is 8.50. The van der Waals surface area contributed by atoms with Crippen LogP contribution in [-0.2, 0) is 13.1 Å². The molecule has 0 amide bonds. The lowest BCUT2D eigenvalue weighted by Gasteiger charge is -2.04. The van der Waals surface area contributed by atoms with E-state index in [2.05, 4.69) is 31.2 Å². The van der Waals surface area contributed by atoms with Crippen molar-refractivity contribution in [1.82, 2.24) is 15.3 Å². The molecule has 0 fully saturated rings. The molecule has 1 aromatic carbocycles. The molecule has 0 saturated heterocycles. The number of aromatic amines is 1. The summed E-state index contributed by atoms with van der Waals surface area (Å²) in [5, 5.41) is 3.20. The minimum atomic E-state index is -0.235. The number of hydrogen-bond donors (Lipinski definition) is 2. The monoisotopic (exact) mass is 283 g/mol. The molecule has 2 rings (SSSR count). The van der Waals surface area contributed by atoms with Crippen molar-refractivity contribution in [2.24, 2.45) is 0 Å². The van der Waals surface area contributed by atoms with Gasteiger partial charge in [0.05, 0.1) is 10.8 Å². The average molecular weight is 284 g/mol. The topological polar surface area (TPSA) is 40.7 Å². The third-order valence-corrected chi connectivity index (χ3v) is 2.83. The van der Waals surface area contributed by atoms with Gasteiger partial charge in [-0.2, -0.15) is 0 Å². The predicted octanol–water partition coefficient (Wildman–Crippen LogP) is 2.60. The number of H-pyrrole nitrogens is 1. The summed E-state index contributed by atoms with van der Waals surface area (Å²) in [6.45, 7) is 1.32. The quantitative estimate of drug-likeness (QED) is 0.906. The normalized spacial score (nSPS) is 10.6. The Morgan fingerprint density at radius 2 is 2.25 bits per heavy atom. The van der Waals surface area contributed by atoms with Crippen LogP contribution in [0.5, 0.6) is 0 Å². The van der Waals surface area contributed by atoms with E-state index in [-0.39, 0.29) is 5.82 Å². The number of nitrogens with one attached hydrogen (secondary N) is 2. The van der Waals surface area contributed by atoms with Crippen molar-refractivity contribution in [1.29, 1.82) is 0 Å². The highest BCUT2D eigenvalue weighted by molar-refractivity contribution is 9.10. The van der Waals surface area contributed by atoms with Crippen molar-refractivity contribution in [2.45, 2.75) is 13.1 Å². The Morgan fingerprint density at radius 1 is 1.38 bits per heavy atom. The van der Waals surface area contributed by atoms with Crippen LogP contribution in [0.4, 0.5) is 4.39 Å². The molecule has 0 radical (unpaired) electrons. The molecule has 2 N–H and O–H groups in total. The Hall–Kier alpha value is -1.20. The SMILES string of the molecule is Fc1cc(CNCc2cnc[nH]2)ccc1Br. The van der Waals surface area contributed by atoms with Crippen LogP contribution in [0.2, 0.25) is 0 Å². The number of nitrogens with zero attached hydrogens (tertiary/aromatic N) is 1. The van der Waals surface area contributed by atoms with Crippen LogP contribution in [0.3, 0.4) is 0 Å². The molecule has 3 nitrogen and oxygen atoms in total. The number of rotatable bonds is 4. The number of imidazole rings is 1. The van der Waals surface area contributed by atoms with Crippen LogP contribution < -0.4 is 5.32 Å². The van der Waals surface area contributed by atoms with Crippen molar-refractivity contribution in [3.05, 3.63) is 52.3 Å². The summed E-state index contributed by atoms with van der Waals surface area (Å²) in [6, 6.07) is 5.11. The van der Waals surface area contributed by atoms with Gasteiger partial charge in [-0.3, -0.25) is 0 Å². The second kappa shape index (κ2) is 5.23. The molecule has 0 aliphatic rings. The first kappa shape index (κ1) is 11.3. The maximum Gasteiger partial charge on any atom is 0.137 e. The second-order valence-electron chi connectivity index (χ2n) is 3.43. The Bertz CT molecular complexity index is 456. The largest absolute Gasteiger partial charge is 0.347 e. The molecule has 0 saturated carbocycles. The first-order valence-electron chi connectivity index (χ1n) is 4.87. The Balaban J connectivity index is 1.87. The Labute approximate surface area is 101 Å². The number of aromatic nitrogens is 2. The first-order valence-corrected chi connectivity index (χ1v) is 5.67. The van der Waals surface area contributed by atoms with Gasteiger partial charge < -0.3 is 10.3 Å². The standard InChI is InChI=1S/C11H11BrFN3/c12-10-2-1-8(3-11(10)13)4-14-5-9-6-15-7-16-9/h1-3,6-7,14H,4-5H2,(H,15,16). The third kappa shape index (κ3) is 2.90. The molecular weight excluding hydrogens is 273 g/mol. The summed E-state index contributed by atoms with van der Waals surface area (Å²) in [6.07, 6.45) is 3.39. The lowest BCUT2D eigenvalue weighted by atomic mass is 10.2. The minimum Gasteiger partial charge on any atom is -0.347 e. The van der Waals surface area contributed by atoms with Gasteiger partial charge in [-0.05, 0) is 33.6 Å². The van der Waals surface area contributed by atoms with Gasteiger partial charge in [0, 0.05) is 25.0 Å².